The molecule has 0 aliphatic heterocycles. The highest BCUT2D eigenvalue weighted by molar-refractivity contribution is 6.30. The van der Waals surface area contributed by atoms with Gasteiger partial charge in [0.2, 0.25) is 0 Å². The van der Waals surface area contributed by atoms with Crippen molar-refractivity contribution in [1.82, 2.24) is 14.8 Å². The molecule has 0 aliphatic rings. The van der Waals surface area contributed by atoms with Crippen LogP contribution in [0.5, 0.6) is 5.75 Å². The monoisotopic (exact) mass is 317 g/mol. The topological polar surface area (TPSA) is 39.9 Å². The minimum atomic E-state index is 0.0896. The summed E-state index contributed by atoms with van der Waals surface area (Å²) in [6.07, 6.45) is 6.32. The Morgan fingerprint density at radius 3 is 2.59 bits per heavy atom. The Bertz CT molecular complexity index is 697. The number of pyridine rings is 1. The normalized spacial score (nSPS) is 11.9. The van der Waals surface area contributed by atoms with Crippen molar-refractivity contribution in [3.8, 4) is 17.6 Å². The first-order chi connectivity index (χ1) is 10.5. The maximum atomic E-state index is 6.05. The zero-order valence-electron chi connectivity index (χ0n) is 13.3. The van der Waals surface area contributed by atoms with E-state index in [9.17, 15) is 0 Å². The first-order valence-electron chi connectivity index (χ1n) is 7.38. The minimum absolute atomic E-state index is 0.0896. The third-order valence-corrected chi connectivity index (χ3v) is 3.48. The summed E-state index contributed by atoms with van der Waals surface area (Å²) >= 11 is 6.05. The van der Waals surface area contributed by atoms with Crippen LogP contribution in [0.2, 0.25) is 5.15 Å². The molecule has 0 saturated carbocycles. The Hall–Kier alpha value is -1.99. The average Bonchev–Trinajstić information content (AvgIpc) is 2.97. The summed E-state index contributed by atoms with van der Waals surface area (Å²) in [5, 5.41) is 4.62. The molecule has 0 aromatic carbocycles. The van der Waals surface area contributed by atoms with Gasteiger partial charge in [-0.3, -0.25) is 4.68 Å². The predicted molar refractivity (Wildman–Crippen MR) is 88.2 cm³/mol. The Morgan fingerprint density at radius 1 is 1.23 bits per heavy atom. The summed E-state index contributed by atoms with van der Waals surface area (Å²) in [6.45, 7) is 8.20. The van der Waals surface area contributed by atoms with Gasteiger partial charge in [0.15, 0.2) is 10.9 Å². The number of aromatic nitrogens is 3. The molecule has 0 aliphatic carbocycles. The van der Waals surface area contributed by atoms with Gasteiger partial charge in [0.25, 0.3) is 0 Å². The van der Waals surface area contributed by atoms with Crippen LogP contribution in [-0.4, -0.2) is 20.9 Å². The van der Waals surface area contributed by atoms with Crippen LogP contribution in [0.15, 0.2) is 24.7 Å². The summed E-state index contributed by atoms with van der Waals surface area (Å²) in [5.41, 5.74) is 1.63. The lowest BCUT2D eigenvalue weighted by Crippen LogP contribution is -2.10. The quantitative estimate of drug-likeness (QED) is 0.630. The summed E-state index contributed by atoms with van der Waals surface area (Å²) in [7, 11) is 0. The Labute approximate surface area is 136 Å². The lowest BCUT2D eigenvalue weighted by Gasteiger charge is -2.13. The van der Waals surface area contributed by atoms with Crippen molar-refractivity contribution in [2.24, 2.45) is 0 Å². The molecule has 2 aromatic rings. The molecule has 0 bridgehead atoms. The molecule has 0 saturated heterocycles. The van der Waals surface area contributed by atoms with E-state index in [1.54, 1.807) is 12.4 Å². The van der Waals surface area contributed by atoms with Gasteiger partial charge in [0, 0.05) is 30.1 Å². The SMILES string of the molecule is CCC(C)Oc1cc(C#Cc2cnn(C(C)C)c2)cnc1Cl. The van der Waals surface area contributed by atoms with Crippen molar-refractivity contribution < 1.29 is 4.74 Å². The molecule has 0 N–H and O–H groups in total. The second-order valence-electron chi connectivity index (χ2n) is 5.40. The van der Waals surface area contributed by atoms with Crippen LogP contribution in [0.1, 0.15) is 51.3 Å². The molecule has 4 nitrogen and oxygen atoms in total. The molecule has 2 rings (SSSR count). The largest absolute Gasteiger partial charge is 0.487 e. The molecule has 22 heavy (non-hydrogen) atoms. The average molecular weight is 318 g/mol. The molecular formula is C17H20ClN3O. The van der Waals surface area contributed by atoms with Crippen LogP contribution in [0, 0.1) is 11.8 Å². The highest BCUT2D eigenvalue weighted by Gasteiger charge is 2.07. The third kappa shape index (κ3) is 4.25. The third-order valence-electron chi connectivity index (χ3n) is 3.19. The number of ether oxygens (including phenoxy) is 1. The van der Waals surface area contributed by atoms with Gasteiger partial charge in [-0.15, -0.1) is 0 Å². The zero-order chi connectivity index (χ0) is 16.1. The smallest absolute Gasteiger partial charge is 0.171 e. The number of nitrogens with zero attached hydrogens (tertiary/aromatic N) is 3. The number of rotatable bonds is 4. The highest BCUT2D eigenvalue weighted by atomic mass is 35.5. The van der Waals surface area contributed by atoms with E-state index in [0.29, 0.717) is 16.9 Å². The van der Waals surface area contributed by atoms with E-state index >= 15 is 0 Å². The lowest BCUT2D eigenvalue weighted by molar-refractivity contribution is 0.217. The van der Waals surface area contributed by atoms with Crippen LogP contribution in [0.4, 0.5) is 0 Å². The second-order valence-corrected chi connectivity index (χ2v) is 5.76. The number of halogens is 1. The fourth-order valence-electron chi connectivity index (χ4n) is 1.71. The van der Waals surface area contributed by atoms with Gasteiger partial charge in [-0.05, 0) is 27.2 Å². The van der Waals surface area contributed by atoms with Crippen molar-refractivity contribution in [3.63, 3.8) is 0 Å². The van der Waals surface area contributed by atoms with E-state index in [1.807, 2.05) is 23.9 Å². The predicted octanol–water partition coefficient (Wildman–Crippen LogP) is 4.09. The molecule has 116 valence electrons. The van der Waals surface area contributed by atoms with Crippen LogP contribution >= 0.6 is 11.6 Å². The van der Waals surface area contributed by atoms with Crippen LogP contribution in [0.3, 0.4) is 0 Å². The van der Waals surface area contributed by atoms with E-state index in [4.69, 9.17) is 16.3 Å². The fourth-order valence-corrected chi connectivity index (χ4v) is 1.86. The zero-order valence-corrected chi connectivity index (χ0v) is 14.1. The minimum Gasteiger partial charge on any atom is -0.487 e. The van der Waals surface area contributed by atoms with Gasteiger partial charge < -0.3 is 4.74 Å². The van der Waals surface area contributed by atoms with E-state index in [-0.39, 0.29) is 6.10 Å². The van der Waals surface area contributed by atoms with E-state index in [2.05, 4.69) is 42.7 Å². The van der Waals surface area contributed by atoms with Gasteiger partial charge in [0.05, 0.1) is 17.9 Å². The summed E-state index contributed by atoms with van der Waals surface area (Å²) in [6, 6.07) is 2.14. The number of hydrogen-bond acceptors (Lipinski definition) is 3. The molecule has 0 spiro atoms. The molecule has 2 heterocycles. The first-order valence-corrected chi connectivity index (χ1v) is 7.75. The maximum Gasteiger partial charge on any atom is 0.171 e. The molecule has 5 heteroatoms. The fraction of sp³-hybridized carbons (Fsp3) is 0.412. The number of hydrogen-bond donors (Lipinski definition) is 0. The molecule has 1 atom stereocenters. The van der Waals surface area contributed by atoms with Crippen molar-refractivity contribution >= 4 is 11.6 Å². The molecule has 1 unspecified atom stereocenters. The highest BCUT2D eigenvalue weighted by Crippen LogP contribution is 2.24. The van der Waals surface area contributed by atoms with Gasteiger partial charge >= 0.3 is 0 Å². The first kappa shape index (κ1) is 16.4. The van der Waals surface area contributed by atoms with Crippen molar-refractivity contribution in [2.45, 2.75) is 46.3 Å². The maximum absolute atomic E-state index is 6.05. The van der Waals surface area contributed by atoms with Gasteiger partial charge in [-0.25, -0.2) is 4.98 Å². The van der Waals surface area contributed by atoms with Gasteiger partial charge in [0.1, 0.15) is 0 Å². The van der Waals surface area contributed by atoms with Crippen molar-refractivity contribution in [2.75, 3.05) is 0 Å². The standard InChI is InChI=1S/C17H20ClN3O/c1-5-13(4)22-16-8-14(9-19-17(16)18)6-7-15-10-20-21(11-15)12(2)3/h8-13H,5H2,1-4H3. The Kier molecular flexibility index (Phi) is 5.46. The van der Waals surface area contributed by atoms with Gasteiger partial charge in [-0.1, -0.05) is 30.4 Å². The Balaban J connectivity index is 2.19. The van der Waals surface area contributed by atoms with Crippen LogP contribution < -0.4 is 4.74 Å². The van der Waals surface area contributed by atoms with E-state index in [1.165, 1.54) is 0 Å². The molecule has 0 amide bonds. The molecule has 0 fully saturated rings. The summed E-state index contributed by atoms with van der Waals surface area (Å²) in [5.74, 6) is 6.72. The molecule has 0 radical (unpaired) electrons. The van der Waals surface area contributed by atoms with E-state index < -0.39 is 0 Å². The van der Waals surface area contributed by atoms with E-state index in [0.717, 1.165) is 17.5 Å². The van der Waals surface area contributed by atoms with Crippen molar-refractivity contribution in [1.29, 1.82) is 0 Å². The Morgan fingerprint density at radius 2 is 1.95 bits per heavy atom. The van der Waals surface area contributed by atoms with Crippen LogP contribution in [0.25, 0.3) is 0 Å². The molecular weight excluding hydrogens is 298 g/mol. The lowest BCUT2D eigenvalue weighted by atomic mass is 10.2. The second kappa shape index (κ2) is 7.33. The summed E-state index contributed by atoms with van der Waals surface area (Å²) < 4.78 is 7.62. The van der Waals surface area contributed by atoms with Gasteiger partial charge in [-0.2, -0.15) is 5.10 Å². The summed E-state index contributed by atoms with van der Waals surface area (Å²) in [4.78, 5) is 4.13. The van der Waals surface area contributed by atoms with Crippen molar-refractivity contribution in [3.05, 3.63) is 40.9 Å². The molecule has 2 aromatic heterocycles. The van der Waals surface area contributed by atoms with Crippen LogP contribution in [-0.2, 0) is 0 Å².